The number of alkyl halides is 1. The van der Waals surface area contributed by atoms with Crippen molar-refractivity contribution >= 4 is 18.0 Å². The molecule has 114 valence electrons. The van der Waals surface area contributed by atoms with Crippen molar-refractivity contribution < 1.29 is 28.6 Å². The third kappa shape index (κ3) is 3.58. The van der Waals surface area contributed by atoms with Crippen molar-refractivity contribution in [2.75, 3.05) is 13.7 Å². The number of halogens is 1. The monoisotopic (exact) mass is 290 g/mol. The van der Waals surface area contributed by atoms with Gasteiger partial charge in [0, 0.05) is 6.42 Å². The molecule has 0 aromatic rings. The van der Waals surface area contributed by atoms with E-state index in [0.717, 1.165) is 12.0 Å². The summed E-state index contributed by atoms with van der Waals surface area (Å²) in [5.74, 6) is -2.15. The van der Waals surface area contributed by atoms with Gasteiger partial charge in [0.1, 0.15) is 18.3 Å². The first-order valence-corrected chi connectivity index (χ1v) is 6.29. The minimum Gasteiger partial charge on any atom is -0.480 e. The van der Waals surface area contributed by atoms with Crippen LogP contribution in [0.15, 0.2) is 0 Å². The second-order valence-corrected chi connectivity index (χ2v) is 5.04. The van der Waals surface area contributed by atoms with Crippen molar-refractivity contribution in [2.24, 2.45) is 5.92 Å². The summed E-state index contributed by atoms with van der Waals surface area (Å²) >= 11 is 0. The normalized spacial score (nSPS) is 23.6. The molecule has 0 spiro atoms. The van der Waals surface area contributed by atoms with Crippen molar-refractivity contribution in [1.29, 1.82) is 0 Å². The van der Waals surface area contributed by atoms with E-state index in [0.29, 0.717) is 0 Å². The lowest BCUT2D eigenvalue weighted by Gasteiger charge is -2.28. The molecule has 0 aromatic carbocycles. The van der Waals surface area contributed by atoms with Crippen molar-refractivity contribution in [2.45, 2.75) is 38.5 Å². The molecule has 8 heteroatoms. The van der Waals surface area contributed by atoms with Crippen molar-refractivity contribution in [3.8, 4) is 0 Å². The largest absolute Gasteiger partial charge is 0.480 e. The molecular formula is C12H19FN2O5. The van der Waals surface area contributed by atoms with Crippen LogP contribution in [-0.2, 0) is 14.3 Å². The van der Waals surface area contributed by atoms with Gasteiger partial charge in [-0.2, -0.15) is 0 Å². The summed E-state index contributed by atoms with van der Waals surface area (Å²) < 4.78 is 17.8. The molecule has 20 heavy (non-hydrogen) atoms. The van der Waals surface area contributed by atoms with Crippen LogP contribution in [0.4, 0.5) is 9.18 Å². The van der Waals surface area contributed by atoms with Gasteiger partial charge in [0.05, 0.1) is 13.7 Å². The Morgan fingerprint density at radius 3 is 2.45 bits per heavy atom. The van der Waals surface area contributed by atoms with Crippen LogP contribution in [0.2, 0.25) is 0 Å². The van der Waals surface area contributed by atoms with Gasteiger partial charge in [-0.05, 0) is 5.92 Å². The Balaban J connectivity index is 2.88. The van der Waals surface area contributed by atoms with Crippen LogP contribution >= 0.6 is 0 Å². The average molecular weight is 290 g/mol. The Morgan fingerprint density at radius 1 is 1.40 bits per heavy atom. The van der Waals surface area contributed by atoms with Crippen LogP contribution in [0, 0.1) is 5.92 Å². The van der Waals surface area contributed by atoms with E-state index in [-0.39, 0.29) is 18.9 Å². The van der Waals surface area contributed by atoms with Gasteiger partial charge in [0.15, 0.2) is 0 Å². The van der Waals surface area contributed by atoms with Crippen LogP contribution in [0.5, 0.6) is 0 Å². The molecule has 2 amide bonds. The lowest BCUT2D eigenvalue weighted by atomic mass is 10.0. The third-order valence-corrected chi connectivity index (χ3v) is 3.21. The predicted octanol–water partition coefficient (Wildman–Crippen LogP) is 0.391. The fourth-order valence-corrected chi connectivity index (χ4v) is 2.14. The van der Waals surface area contributed by atoms with E-state index in [4.69, 9.17) is 5.11 Å². The van der Waals surface area contributed by atoms with Gasteiger partial charge in [-0.3, -0.25) is 4.79 Å². The number of aliphatic carboxylic acids is 1. The molecule has 0 aliphatic carbocycles. The van der Waals surface area contributed by atoms with E-state index in [2.05, 4.69) is 10.1 Å². The van der Waals surface area contributed by atoms with Gasteiger partial charge >= 0.3 is 12.1 Å². The molecule has 1 heterocycles. The van der Waals surface area contributed by atoms with E-state index in [1.165, 1.54) is 0 Å². The highest BCUT2D eigenvalue weighted by atomic mass is 19.1. The number of hydrogen-bond donors (Lipinski definition) is 2. The van der Waals surface area contributed by atoms with E-state index in [9.17, 15) is 18.8 Å². The first-order valence-electron chi connectivity index (χ1n) is 6.29. The number of carbonyl (C=O) groups excluding carboxylic acids is 2. The fourth-order valence-electron chi connectivity index (χ4n) is 2.14. The lowest BCUT2D eigenvalue weighted by Crippen LogP contribution is -2.53. The van der Waals surface area contributed by atoms with Gasteiger partial charge in [-0.1, -0.05) is 13.8 Å². The first kappa shape index (κ1) is 16.2. The number of rotatable bonds is 4. The van der Waals surface area contributed by atoms with Gasteiger partial charge in [-0.25, -0.2) is 14.0 Å². The average Bonchev–Trinajstić information content (AvgIpc) is 2.76. The summed E-state index contributed by atoms with van der Waals surface area (Å²) in [6.07, 6.45) is -2.39. The quantitative estimate of drug-likeness (QED) is 0.781. The van der Waals surface area contributed by atoms with Gasteiger partial charge in [-0.15, -0.1) is 0 Å². The molecule has 0 saturated carbocycles. The first-order chi connectivity index (χ1) is 9.27. The highest BCUT2D eigenvalue weighted by Gasteiger charge is 2.42. The van der Waals surface area contributed by atoms with E-state index < -0.39 is 36.2 Å². The maximum absolute atomic E-state index is 13.4. The zero-order chi connectivity index (χ0) is 15.4. The Bertz CT molecular complexity index is 401. The van der Waals surface area contributed by atoms with Gasteiger partial charge in [0.2, 0.25) is 5.91 Å². The van der Waals surface area contributed by atoms with Crippen molar-refractivity contribution in [3.05, 3.63) is 0 Å². The van der Waals surface area contributed by atoms with Gasteiger partial charge < -0.3 is 20.1 Å². The van der Waals surface area contributed by atoms with Crippen LogP contribution in [0.25, 0.3) is 0 Å². The second-order valence-electron chi connectivity index (χ2n) is 5.04. The maximum atomic E-state index is 13.4. The summed E-state index contributed by atoms with van der Waals surface area (Å²) in [4.78, 5) is 35.6. The summed E-state index contributed by atoms with van der Waals surface area (Å²) in [7, 11) is 1.16. The number of carboxylic acids is 1. The van der Waals surface area contributed by atoms with Crippen LogP contribution < -0.4 is 5.32 Å². The molecule has 7 nitrogen and oxygen atoms in total. The Hall–Kier alpha value is -1.86. The Kier molecular flexibility index (Phi) is 5.29. The van der Waals surface area contributed by atoms with E-state index in [1.807, 2.05) is 0 Å². The fraction of sp³-hybridized carbons (Fsp3) is 0.750. The zero-order valence-electron chi connectivity index (χ0n) is 11.6. The molecule has 1 aliphatic heterocycles. The Morgan fingerprint density at radius 2 is 2.00 bits per heavy atom. The van der Waals surface area contributed by atoms with E-state index in [1.54, 1.807) is 13.8 Å². The zero-order valence-corrected chi connectivity index (χ0v) is 11.6. The number of alkyl carbamates (subject to hydrolysis) is 1. The number of amides is 2. The number of carboxylic acid groups (broad SMARTS) is 1. The summed E-state index contributed by atoms with van der Waals surface area (Å²) in [5, 5.41) is 11.4. The summed E-state index contributed by atoms with van der Waals surface area (Å²) in [5.41, 5.74) is 0. The molecule has 1 fully saturated rings. The minimum absolute atomic E-state index is 0.232. The number of likely N-dealkylation sites (tertiary alicyclic amines) is 1. The SMILES string of the molecule is COC(=O)N[C@H](C(=O)N1C[C@H](F)CC1C(=O)O)C(C)C. The number of nitrogens with zero attached hydrogens (tertiary/aromatic N) is 1. The van der Waals surface area contributed by atoms with Crippen LogP contribution in [0.1, 0.15) is 20.3 Å². The van der Waals surface area contributed by atoms with E-state index >= 15 is 0 Å². The lowest BCUT2D eigenvalue weighted by molar-refractivity contribution is -0.149. The third-order valence-electron chi connectivity index (χ3n) is 3.21. The highest BCUT2D eigenvalue weighted by Crippen LogP contribution is 2.22. The molecule has 1 unspecified atom stereocenters. The standard InChI is InChI=1S/C12H19FN2O5/c1-6(2)9(14-12(19)20-3)10(16)15-5-7(13)4-8(15)11(17)18/h6-9H,4-5H2,1-3H3,(H,14,19)(H,17,18)/t7-,8?,9+/m1/s1. The molecule has 1 saturated heterocycles. The van der Waals surface area contributed by atoms with Crippen LogP contribution in [-0.4, -0.2) is 59.9 Å². The number of methoxy groups -OCH3 is 1. The molecule has 2 N–H and O–H groups in total. The summed E-state index contributed by atoms with van der Waals surface area (Å²) in [6, 6.07) is -2.15. The topological polar surface area (TPSA) is 95.9 Å². The molecule has 3 atom stereocenters. The molecular weight excluding hydrogens is 271 g/mol. The van der Waals surface area contributed by atoms with Crippen molar-refractivity contribution in [3.63, 3.8) is 0 Å². The maximum Gasteiger partial charge on any atom is 0.407 e. The highest BCUT2D eigenvalue weighted by molar-refractivity contribution is 5.90. The number of hydrogen-bond acceptors (Lipinski definition) is 4. The van der Waals surface area contributed by atoms with Gasteiger partial charge in [0.25, 0.3) is 0 Å². The number of nitrogens with one attached hydrogen (secondary N) is 1. The van der Waals surface area contributed by atoms with Crippen molar-refractivity contribution in [1.82, 2.24) is 10.2 Å². The molecule has 0 aromatic heterocycles. The molecule has 0 radical (unpaired) electrons. The molecule has 1 aliphatic rings. The summed E-state index contributed by atoms with van der Waals surface area (Å²) in [6.45, 7) is 3.11. The molecule has 0 bridgehead atoms. The number of ether oxygens (including phenoxy) is 1. The Labute approximate surface area is 116 Å². The second kappa shape index (κ2) is 6.53. The number of carbonyl (C=O) groups is 3. The smallest absolute Gasteiger partial charge is 0.407 e. The van der Waals surface area contributed by atoms with Crippen LogP contribution in [0.3, 0.4) is 0 Å². The predicted molar refractivity (Wildman–Crippen MR) is 66.8 cm³/mol. The minimum atomic E-state index is -1.37. The molecule has 1 rings (SSSR count).